The molecule has 7 atom stereocenters. The minimum Gasteiger partial charge on any atom is -0.390 e. The molecule has 24 heavy (non-hydrogen) atoms. The summed E-state index contributed by atoms with van der Waals surface area (Å²) < 4.78 is 5.03. The summed E-state index contributed by atoms with van der Waals surface area (Å²) >= 11 is 0. The number of hydrogen-bond acceptors (Lipinski definition) is 4. The van der Waals surface area contributed by atoms with Gasteiger partial charge in [0.2, 0.25) is 0 Å². The maximum Gasteiger partial charge on any atom is 0.108 e. The van der Waals surface area contributed by atoms with Gasteiger partial charge in [0.1, 0.15) is 11.4 Å². The number of fused-ring (bicyclic) bond motifs is 6. The standard InChI is InChI=1S/C20H30N2O2/c1-18-11-17-16(21-24-22-17)10-12(18)4-5-13-14(18)6-8-19(2)15(13)7-9-20(19,3)23/h12-15,23H,4-11H2,1-3H3/t12-,13+,14-,15-,18-,19+,20-/m0/s1. The molecule has 0 saturated heterocycles. The lowest BCUT2D eigenvalue weighted by atomic mass is 9.45. The second-order valence-corrected chi connectivity index (χ2v) is 9.96. The van der Waals surface area contributed by atoms with Crippen LogP contribution in [-0.4, -0.2) is 21.0 Å². The molecule has 0 radical (unpaired) electrons. The van der Waals surface area contributed by atoms with Crippen molar-refractivity contribution in [2.75, 3.05) is 0 Å². The minimum atomic E-state index is -0.476. The summed E-state index contributed by atoms with van der Waals surface area (Å²) in [5.74, 6) is 2.97. The molecule has 3 fully saturated rings. The van der Waals surface area contributed by atoms with Crippen molar-refractivity contribution in [2.45, 2.75) is 77.7 Å². The second-order valence-electron chi connectivity index (χ2n) is 9.96. The van der Waals surface area contributed by atoms with E-state index in [0.717, 1.165) is 48.4 Å². The van der Waals surface area contributed by atoms with Gasteiger partial charge in [0.25, 0.3) is 0 Å². The monoisotopic (exact) mass is 330 g/mol. The van der Waals surface area contributed by atoms with Crippen molar-refractivity contribution in [3.05, 3.63) is 11.4 Å². The van der Waals surface area contributed by atoms with Crippen LogP contribution >= 0.6 is 0 Å². The minimum absolute atomic E-state index is 0.118. The first-order chi connectivity index (χ1) is 11.4. The van der Waals surface area contributed by atoms with Crippen molar-refractivity contribution in [3.8, 4) is 0 Å². The van der Waals surface area contributed by atoms with Gasteiger partial charge in [0.05, 0.1) is 5.60 Å². The Hall–Kier alpha value is -0.900. The van der Waals surface area contributed by atoms with Gasteiger partial charge in [0, 0.05) is 6.42 Å². The summed E-state index contributed by atoms with van der Waals surface area (Å²) in [6, 6.07) is 0. The van der Waals surface area contributed by atoms with E-state index in [9.17, 15) is 5.11 Å². The van der Waals surface area contributed by atoms with E-state index in [-0.39, 0.29) is 5.41 Å². The Balaban J connectivity index is 1.50. The highest BCUT2D eigenvalue weighted by molar-refractivity contribution is 5.21. The van der Waals surface area contributed by atoms with Gasteiger partial charge in [-0.15, -0.1) is 0 Å². The zero-order valence-corrected chi connectivity index (χ0v) is 15.2. The van der Waals surface area contributed by atoms with Gasteiger partial charge in [0.15, 0.2) is 0 Å². The Kier molecular flexibility index (Phi) is 2.96. The van der Waals surface area contributed by atoms with E-state index in [0.29, 0.717) is 11.3 Å². The van der Waals surface area contributed by atoms with Crippen molar-refractivity contribution >= 4 is 0 Å². The summed E-state index contributed by atoms with van der Waals surface area (Å²) in [5, 5.41) is 19.4. The lowest BCUT2D eigenvalue weighted by Gasteiger charge is -2.60. The van der Waals surface area contributed by atoms with Crippen LogP contribution in [0.5, 0.6) is 0 Å². The lowest BCUT2D eigenvalue weighted by molar-refractivity contribution is -0.139. The molecule has 4 nitrogen and oxygen atoms in total. The third-order valence-electron chi connectivity index (χ3n) is 9.25. The van der Waals surface area contributed by atoms with E-state index < -0.39 is 5.60 Å². The largest absolute Gasteiger partial charge is 0.390 e. The smallest absolute Gasteiger partial charge is 0.108 e. The fourth-order valence-electron chi connectivity index (χ4n) is 7.50. The van der Waals surface area contributed by atoms with Gasteiger partial charge in [-0.2, -0.15) is 0 Å². The zero-order valence-electron chi connectivity index (χ0n) is 15.2. The third-order valence-corrected chi connectivity index (χ3v) is 9.25. The molecule has 0 bridgehead atoms. The third kappa shape index (κ3) is 1.73. The van der Waals surface area contributed by atoms with Crippen LogP contribution in [-0.2, 0) is 12.8 Å². The van der Waals surface area contributed by atoms with Crippen molar-refractivity contribution in [2.24, 2.45) is 34.5 Å². The topological polar surface area (TPSA) is 59.2 Å². The molecule has 4 aliphatic carbocycles. The van der Waals surface area contributed by atoms with Crippen LogP contribution in [0.1, 0.15) is 70.7 Å². The molecular weight excluding hydrogens is 300 g/mol. The van der Waals surface area contributed by atoms with E-state index in [1.807, 2.05) is 0 Å². The molecule has 4 heteroatoms. The van der Waals surface area contributed by atoms with Crippen molar-refractivity contribution in [3.63, 3.8) is 0 Å². The van der Waals surface area contributed by atoms with Crippen LogP contribution < -0.4 is 0 Å². The summed E-state index contributed by atoms with van der Waals surface area (Å²) in [5.41, 5.74) is 2.20. The van der Waals surface area contributed by atoms with E-state index in [4.69, 9.17) is 4.63 Å². The summed E-state index contributed by atoms with van der Waals surface area (Å²) in [4.78, 5) is 0. The molecule has 5 rings (SSSR count). The van der Waals surface area contributed by atoms with Crippen LogP contribution in [0.4, 0.5) is 0 Å². The average molecular weight is 330 g/mol. The van der Waals surface area contributed by atoms with Gasteiger partial charge in [-0.05, 0) is 86.4 Å². The maximum absolute atomic E-state index is 11.0. The van der Waals surface area contributed by atoms with Gasteiger partial charge in [-0.25, -0.2) is 4.63 Å². The maximum atomic E-state index is 11.0. The number of nitrogens with zero attached hydrogens (tertiary/aromatic N) is 2. The second kappa shape index (κ2) is 4.63. The van der Waals surface area contributed by atoms with E-state index in [1.165, 1.54) is 32.1 Å². The molecule has 0 aromatic carbocycles. The number of hydrogen-bond donors (Lipinski definition) is 1. The highest BCUT2D eigenvalue weighted by atomic mass is 16.6. The highest BCUT2D eigenvalue weighted by Crippen LogP contribution is 2.67. The number of rotatable bonds is 0. The van der Waals surface area contributed by atoms with Gasteiger partial charge in [-0.1, -0.05) is 24.2 Å². The van der Waals surface area contributed by atoms with Crippen LogP contribution in [0, 0.1) is 34.5 Å². The van der Waals surface area contributed by atoms with Crippen LogP contribution in [0.25, 0.3) is 0 Å². The number of aliphatic hydroxyl groups is 1. The van der Waals surface area contributed by atoms with Gasteiger partial charge < -0.3 is 5.11 Å². The molecule has 0 aliphatic heterocycles. The summed E-state index contributed by atoms with van der Waals surface area (Å²) in [7, 11) is 0. The zero-order chi connectivity index (χ0) is 16.7. The predicted octanol–water partition coefficient (Wildman–Crippen LogP) is 3.78. The first-order valence-corrected chi connectivity index (χ1v) is 9.88. The van der Waals surface area contributed by atoms with E-state index >= 15 is 0 Å². The van der Waals surface area contributed by atoms with Crippen molar-refractivity contribution < 1.29 is 9.74 Å². The fraction of sp³-hybridized carbons (Fsp3) is 0.900. The molecule has 0 unspecified atom stereocenters. The molecule has 0 amide bonds. The molecular formula is C20H30N2O2. The molecule has 1 aromatic heterocycles. The van der Waals surface area contributed by atoms with Crippen LogP contribution in [0.3, 0.4) is 0 Å². The molecule has 4 aliphatic rings. The SMILES string of the molecule is C[C@]12Cc3nonc3C[C@@H]1CC[C@@H]1[C@@H]2CC[C@]2(C)[C@H]1CC[C@]2(C)O. The Labute approximate surface area is 144 Å². The first kappa shape index (κ1) is 15.4. The highest BCUT2D eigenvalue weighted by Gasteiger charge is 2.63. The normalized spacial score (nSPS) is 53.0. The molecule has 132 valence electrons. The Morgan fingerprint density at radius 1 is 0.958 bits per heavy atom. The molecule has 0 spiro atoms. The molecule has 1 aromatic rings. The number of aromatic nitrogens is 2. The summed E-state index contributed by atoms with van der Waals surface area (Å²) in [6.45, 7) is 6.98. The Morgan fingerprint density at radius 2 is 1.71 bits per heavy atom. The summed E-state index contributed by atoms with van der Waals surface area (Å²) in [6.07, 6.45) is 9.37. The average Bonchev–Trinajstić information content (AvgIpc) is 3.06. The fourth-order valence-corrected chi connectivity index (χ4v) is 7.50. The van der Waals surface area contributed by atoms with Crippen LogP contribution in [0.15, 0.2) is 4.63 Å². The first-order valence-electron chi connectivity index (χ1n) is 9.88. The van der Waals surface area contributed by atoms with Crippen molar-refractivity contribution in [1.29, 1.82) is 0 Å². The Bertz CT molecular complexity index is 668. The molecule has 1 heterocycles. The lowest BCUT2D eigenvalue weighted by Crippen LogP contribution is -2.56. The van der Waals surface area contributed by atoms with E-state index in [1.54, 1.807) is 0 Å². The van der Waals surface area contributed by atoms with Gasteiger partial charge >= 0.3 is 0 Å². The van der Waals surface area contributed by atoms with Crippen molar-refractivity contribution in [1.82, 2.24) is 10.3 Å². The molecule has 1 N–H and O–H groups in total. The quantitative estimate of drug-likeness (QED) is 0.786. The van der Waals surface area contributed by atoms with Gasteiger partial charge in [-0.3, -0.25) is 0 Å². The predicted molar refractivity (Wildman–Crippen MR) is 90.2 cm³/mol. The van der Waals surface area contributed by atoms with E-state index in [2.05, 4.69) is 31.1 Å². The molecule has 3 saturated carbocycles. The Morgan fingerprint density at radius 3 is 2.54 bits per heavy atom. The van der Waals surface area contributed by atoms with Crippen LogP contribution in [0.2, 0.25) is 0 Å².